The van der Waals surface area contributed by atoms with E-state index >= 15 is 0 Å². The average Bonchev–Trinajstić information content (AvgIpc) is 3.43. The van der Waals surface area contributed by atoms with Crippen molar-refractivity contribution < 1.29 is 33.7 Å². The Morgan fingerprint density at radius 1 is 1.21 bits per heavy atom. The zero-order chi connectivity index (χ0) is 27.0. The highest BCUT2D eigenvalue weighted by Gasteiger charge is 2.48. The third kappa shape index (κ3) is 4.52. The quantitative estimate of drug-likeness (QED) is 0.152. The first-order valence-corrected chi connectivity index (χ1v) is 12.7. The number of aliphatic hydroxyl groups excluding tert-OH is 1. The van der Waals surface area contributed by atoms with Gasteiger partial charge in [0, 0.05) is 10.6 Å². The highest BCUT2D eigenvalue weighted by Crippen LogP contribution is 2.45. The number of hydrogen-bond acceptors (Lipinski definition) is 9. The molecule has 1 unspecified atom stereocenters. The van der Waals surface area contributed by atoms with Crippen LogP contribution in [0.15, 0.2) is 60.7 Å². The Morgan fingerprint density at radius 3 is 2.63 bits per heavy atom. The number of hydrogen-bond donors (Lipinski definition) is 1. The minimum atomic E-state index is -1.04. The van der Waals surface area contributed by atoms with Gasteiger partial charge in [-0.25, -0.2) is 9.78 Å². The summed E-state index contributed by atoms with van der Waals surface area (Å²) in [6.45, 7) is 5.88. The highest BCUT2D eigenvalue weighted by atomic mass is 35.5. The first-order valence-electron chi connectivity index (χ1n) is 11.5. The molecule has 2 aliphatic rings. The molecule has 1 atom stereocenters. The second-order valence-electron chi connectivity index (χ2n) is 8.38. The number of aromatic nitrogens is 1. The molecular formula is C27H21ClN2O7S. The lowest BCUT2D eigenvalue weighted by Crippen LogP contribution is -2.29. The van der Waals surface area contributed by atoms with Gasteiger partial charge in [0.1, 0.15) is 30.5 Å². The van der Waals surface area contributed by atoms with Crippen molar-refractivity contribution in [2.45, 2.75) is 13.0 Å². The number of Topliss-reactive ketones (excluding diaryl/α,β-unsaturated/α-hetero) is 1. The lowest BCUT2D eigenvalue weighted by molar-refractivity contribution is -0.132. The average molecular weight is 553 g/mol. The molecule has 1 fully saturated rings. The predicted molar refractivity (Wildman–Crippen MR) is 141 cm³/mol. The summed E-state index contributed by atoms with van der Waals surface area (Å²) >= 11 is 7.01. The van der Waals surface area contributed by atoms with E-state index in [0.29, 0.717) is 41.0 Å². The largest absolute Gasteiger partial charge is 0.507 e. The Morgan fingerprint density at radius 2 is 1.92 bits per heavy atom. The SMILES string of the molecule is C=CCOC(=O)c1sc(N2C(=O)C(=O)/C(=C(/O)c3ccc4c(c3)OCCO4)C2c2ccc(Cl)cc2)nc1C. The number of ether oxygens (including phenoxy) is 3. The van der Waals surface area contributed by atoms with Crippen LogP contribution in [0.1, 0.15) is 32.5 Å². The molecule has 1 saturated heterocycles. The molecule has 0 aliphatic carbocycles. The van der Waals surface area contributed by atoms with Crippen molar-refractivity contribution in [1.29, 1.82) is 0 Å². The first kappa shape index (κ1) is 25.5. The number of rotatable bonds is 6. The Bertz CT molecular complexity index is 1500. The van der Waals surface area contributed by atoms with Gasteiger partial charge in [0.2, 0.25) is 0 Å². The van der Waals surface area contributed by atoms with E-state index in [-0.39, 0.29) is 33.5 Å². The maximum Gasteiger partial charge on any atom is 0.350 e. The minimum Gasteiger partial charge on any atom is -0.507 e. The van der Waals surface area contributed by atoms with Crippen LogP contribution in [0.5, 0.6) is 11.5 Å². The van der Waals surface area contributed by atoms with Gasteiger partial charge in [-0.05, 0) is 42.8 Å². The van der Waals surface area contributed by atoms with Crippen LogP contribution in [0.4, 0.5) is 5.13 Å². The van der Waals surface area contributed by atoms with Crippen molar-refractivity contribution in [2.24, 2.45) is 0 Å². The number of aliphatic hydroxyl groups is 1. The van der Waals surface area contributed by atoms with Crippen LogP contribution >= 0.6 is 22.9 Å². The number of ketones is 1. The van der Waals surface area contributed by atoms with Crippen LogP contribution in [0, 0.1) is 6.92 Å². The number of nitrogens with zero attached hydrogens (tertiary/aromatic N) is 2. The smallest absolute Gasteiger partial charge is 0.350 e. The van der Waals surface area contributed by atoms with E-state index in [1.165, 1.54) is 11.0 Å². The zero-order valence-electron chi connectivity index (χ0n) is 20.1. The van der Waals surface area contributed by atoms with Crippen molar-refractivity contribution in [3.05, 3.63) is 87.4 Å². The van der Waals surface area contributed by atoms with Crippen molar-refractivity contribution in [3.8, 4) is 11.5 Å². The number of fused-ring (bicyclic) bond motifs is 1. The van der Waals surface area contributed by atoms with Crippen molar-refractivity contribution in [1.82, 2.24) is 4.98 Å². The number of halogens is 1. The molecule has 11 heteroatoms. The molecule has 1 aromatic heterocycles. The topological polar surface area (TPSA) is 115 Å². The van der Waals surface area contributed by atoms with Gasteiger partial charge >= 0.3 is 11.9 Å². The van der Waals surface area contributed by atoms with Crippen LogP contribution < -0.4 is 14.4 Å². The summed E-state index contributed by atoms with van der Waals surface area (Å²) in [7, 11) is 0. The summed E-state index contributed by atoms with van der Waals surface area (Å²) in [6.07, 6.45) is 1.44. The van der Waals surface area contributed by atoms with Gasteiger partial charge in [-0.2, -0.15) is 0 Å². The minimum absolute atomic E-state index is 0.0102. The highest BCUT2D eigenvalue weighted by molar-refractivity contribution is 7.17. The van der Waals surface area contributed by atoms with Crippen LogP contribution in [-0.2, 0) is 14.3 Å². The molecule has 0 spiro atoms. The molecule has 2 aromatic carbocycles. The standard InChI is InChI=1S/C27H21ClN2O7S/c1-3-10-37-26(34)24-14(2)29-27(38-24)30-21(15-4-7-17(28)8-5-15)20(23(32)25(30)33)22(31)16-6-9-18-19(13-16)36-12-11-35-18/h3-9,13,21,31H,1,10-12H2,2H3/b22-20+. The lowest BCUT2D eigenvalue weighted by atomic mass is 9.95. The number of carbonyl (C=O) groups is 3. The van der Waals surface area contributed by atoms with E-state index in [2.05, 4.69) is 11.6 Å². The number of carbonyl (C=O) groups excluding carboxylic acids is 3. The molecule has 194 valence electrons. The molecule has 0 bridgehead atoms. The normalized spacial score (nSPS) is 17.9. The predicted octanol–water partition coefficient (Wildman–Crippen LogP) is 4.85. The number of amides is 1. The second-order valence-corrected chi connectivity index (χ2v) is 9.79. The Kier molecular flexibility index (Phi) is 6.92. The summed E-state index contributed by atoms with van der Waals surface area (Å²) in [5, 5.41) is 11.9. The summed E-state index contributed by atoms with van der Waals surface area (Å²) in [6, 6.07) is 10.3. The first-order chi connectivity index (χ1) is 18.3. The monoisotopic (exact) mass is 552 g/mol. The lowest BCUT2D eigenvalue weighted by Gasteiger charge is -2.23. The molecule has 1 N–H and O–H groups in total. The fraction of sp³-hybridized carbons (Fsp3) is 0.185. The van der Waals surface area contributed by atoms with Gasteiger partial charge < -0.3 is 19.3 Å². The molecule has 9 nitrogen and oxygen atoms in total. The van der Waals surface area contributed by atoms with Gasteiger partial charge in [0.25, 0.3) is 5.78 Å². The van der Waals surface area contributed by atoms with E-state index in [0.717, 1.165) is 11.3 Å². The molecule has 5 rings (SSSR count). The summed E-state index contributed by atoms with van der Waals surface area (Å²) in [5.41, 5.74) is 0.979. The van der Waals surface area contributed by atoms with E-state index in [1.807, 2.05) is 0 Å². The summed E-state index contributed by atoms with van der Waals surface area (Å²) < 4.78 is 16.3. The fourth-order valence-electron chi connectivity index (χ4n) is 4.21. The number of anilines is 1. The second kappa shape index (κ2) is 10.3. The van der Waals surface area contributed by atoms with Crippen molar-refractivity contribution in [3.63, 3.8) is 0 Å². The molecule has 38 heavy (non-hydrogen) atoms. The molecule has 1 amide bonds. The van der Waals surface area contributed by atoms with Gasteiger partial charge in [0.15, 0.2) is 16.6 Å². The Labute approximate surface area is 226 Å². The molecule has 3 heterocycles. The molecule has 0 radical (unpaired) electrons. The fourth-order valence-corrected chi connectivity index (χ4v) is 5.32. The number of thiazole rings is 1. The molecule has 0 saturated carbocycles. The number of aryl methyl sites for hydroxylation is 1. The van der Waals surface area contributed by atoms with E-state index < -0.39 is 23.7 Å². The number of benzene rings is 2. The van der Waals surface area contributed by atoms with Gasteiger partial charge in [-0.1, -0.05) is 47.7 Å². The van der Waals surface area contributed by atoms with Crippen LogP contribution in [-0.4, -0.2) is 47.6 Å². The van der Waals surface area contributed by atoms with Gasteiger partial charge in [-0.15, -0.1) is 0 Å². The number of esters is 1. The Hall–Kier alpha value is -4.15. The maximum absolute atomic E-state index is 13.4. The summed E-state index contributed by atoms with van der Waals surface area (Å²) in [5.74, 6) is -1.89. The van der Waals surface area contributed by atoms with Crippen LogP contribution in [0.2, 0.25) is 5.02 Å². The molecule has 2 aliphatic heterocycles. The van der Waals surface area contributed by atoms with Crippen molar-refractivity contribution >= 4 is 51.5 Å². The van der Waals surface area contributed by atoms with Crippen molar-refractivity contribution in [2.75, 3.05) is 24.7 Å². The van der Waals surface area contributed by atoms with Crippen LogP contribution in [0.3, 0.4) is 0 Å². The third-order valence-electron chi connectivity index (χ3n) is 5.95. The van der Waals surface area contributed by atoms with Crippen LogP contribution in [0.25, 0.3) is 5.76 Å². The summed E-state index contributed by atoms with van der Waals surface area (Å²) in [4.78, 5) is 45.1. The van der Waals surface area contributed by atoms with Gasteiger partial charge in [-0.3, -0.25) is 14.5 Å². The maximum atomic E-state index is 13.4. The van der Waals surface area contributed by atoms with Gasteiger partial charge in [0.05, 0.1) is 17.3 Å². The van der Waals surface area contributed by atoms with E-state index in [1.54, 1.807) is 49.4 Å². The van der Waals surface area contributed by atoms with E-state index in [9.17, 15) is 19.5 Å². The molecule has 3 aromatic rings. The third-order valence-corrected chi connectivity index (χ3v) is 7.34. The Balaban J connectivity index is 1.64. The molecular weight excluding hydrogens is 532 g/mol. The van der Waals surface area contributed by atoms with E-state index in [4.69, 9.17) is 25.8 Å². The zero-order valence-corrected chi connectivity index (χ0v) is 21.7.